The van der Waals surface area contributed by atoms with Crippen molar-refractivity contribution in [1.82, 2.24) is 5.32 Å². The van der Waals surface area contributed by atoms with E-state index in [1.54, 1.807) is 12.1 Å². The molecule has 9 nitrogen and oxygen atoms in total. The zero-order chi connectivity index (χ0) is 20.5. The molecule has 0 heterocycles. The van der Waals surface area contributed by atoms with Crippen LogP contribution in [0.1, 0.15) is 15.9 Å². The molecular weight excluding hydrogens is 390 g/mol. The molecule has 0 aliphatic heterocycles. The summed E-state index contributed by atoms with van der Waals surface area (Å²) in [5, 5.41) is 17.1. The number of esters is 1. The fourth-order valence-corrected chi connectivity index (χ4v) is 2.26. The van der Waals surface area contributed by atoms with E-state index in [9.17, 15) is 19.7 Å². The number of amides is 1. The van der Waals surface area contributed by atoms with Crippen molar-refractivity contribution in [3.63, 3.8) is 0 Å². The molecule has 0 aliphatic carbocycles. The molecule has 1 amide bonds. The van der Waals surface area contributed by atoms with Crippen LogP contribution in [-0.2, 0) is 21.0 Å². The van der Waals surface area contributed by atoms with Crippen LogP contribution in [0.2, 0.25) is 5.02 Å². The molecule has 0 saturated carbocycles. The van der Waals surface area contributed by atoms with Crippen molar-refractivity contribution >= 4 is 35.4 Å². The Balaban J connectivity index is 1.96. The Hall–Kier alpha value is -3.46. The number of carbonyl (C=O) groups excluding carboxylic acids is 2. The summed E-state index contributed by atoms with van der Waals surface area (Å²) >= 11 is 5.85. The van der Waals surface area contributed by atoms with E-state index < -0.39 is 22.8 Å². The van der Waals surface area contributed by atoms with E-state index in [0.29, 0.717) is 10.6 Å². The third kappa shape index (κ3) is 6.06. The Bertz CT molecular complexity index is 885. The van der Waals surface area contributed by atoms with Crippen LogP contribution in [0.5, 0.6) is 0 Å². The van der Waals surface area contributed by atoms with E-state index in [4.69, 9.17) is 16.4 Å². The number of hydrogen-bond acceptors (Lipinski definition) is 7. The number of non-ortho nitro benzene ring substituents is 1. The van der Waals surface area contributed by atoms with Crippen LogP contribution in [0.3, 0.4) is 0 Å². The number of hydrogen-bond donors (Lipinski definition) is 1. The van der Waals surface area contributed by atoms with Gasteiger partial charge in [-0.2, -0.15) is 0 Å². The van der Waals surface area contributed by atoms with Crippen LogP contribution >= 0.6 is 11.6 Å². The zero-order valence-corrected chi connectivity index (χ0v) is 15.5. The van der Waals surface area contributed by atoms with Crippen LogP contribution in [0.15, 0.2) is 53.7 Å². The van der Waals surface area contributed by atoms with E-state index in [2.05, 4.69) is 15.2 Å². The van der Waals surface area contributed by atoms with Crippen molar-refractivity contribution in [2.24, 2.45) is 5.16 Å². The fourth-order valence-electron chi connectivity index (χ4n) is 2.07. The number of methoxy groups -OCH3 is 1. The van der Waals surface area contributed by atoms with Gasteiger partial charge in [-0.3, -0.25) is 14.9 Å². The van der Waals surface area contributed by atoms with Gasteiger partial charge in [0.25, 0.3) is 11.6 Å². The Morgan fingerprint density at radius 3 is 2.61 bits per heavy atom. The molecule has 2 aromatic carbocycles. The Labute approximate surface area is 165 Å². The average Bonchev–Trinajstić information content (AvgIpc) is 2.69. The molecule has 2 aromatic rings. The minimum Gasteiger partial charge on any atom is -0.467 e. The minimum atomic E-state index is -1.17. The molecule has 0 saturated heterocycles. The summed E-state index contributed by atoms with van der Waals surface area (Å²) < 4.78 is 4.63. The second-order valence-corrected chi connectivity index (χ2v) is 5.87. The summed E-state index contributed by atoms with van der Waals surface area (Å²) in [4.78, 5) is 39.2. The molecule has 0 aliphatic rings. The number of nitrogens with one attached hydrogen (secondary N) is 1. The van der Waals surface area contributed by atoms with Gasteiger partial charge in [-0.25, -0.2) is 4.79 Å². The van der Waals surface area contributed by atoms with Gasteiger partial charge < -0.3 is 14.9 Å². The maximum absolute atomic E-state index is 12.2. The first-order chi connectivity index (χ1) is 13.4. The normalized spacial score (nSPS) is 11.6. The van der Waals surface area contributed by atoms with Gasteiger partial charge >= 0.3 is 5.97 Å². The molecule has 2 rings (SSSR count). The number of halogens is 1. The number of nitro benzene ring substituents is 1. The van der Waals surface area contributed by atoms with E-state index in [-0.39, 0.29) is 17.9 Å². The van der Waals surface area contributed by atoms with Crippen molar-refractivity contribution in [3.05, 3.63) is 74.8 Å². The summed E-state index contributed by atoms with van der Waals surface area (Å²) in [6.07, 6.45) is 1.08. The molecule has 0 radical (unpaired) electrons. The van der Waals surface area contributed by atoms with Crippen LogP contribution in [0, 0.1) is 10.1 Å². The average molecular weight is 406 g/mol. The molecule has 10 heteroatoms. The summed E-state index contributed by atoms with van der Waals surface area (Å²) in [5.74, 6) is -1.28. The molecule has 0 aromatic heterocycles. The van der Waals surface area contributed by atoms with Gasteiger partial charge in [-0.05, 0) is 35.9 Å². The highest BCUT2D eigenvalue weighted by Gasteiger charge is 2.20. The fraction of sp³-hybridized carbons (Fsp3) is 0.167. The second kappa shape index (κ2) is 10.0. The Kier molecular flexibility index (Phi) is 7.46. The Morgan fingerprint density at radius 2 is 2.00 bits per heavy atom. The van der Waals surface area contributed by atoms with Gasteiger partial charge in [0.2, 0.25) is 0 Å². The minimum absolute atomic E-state index is 0.0185. The lowest BCUT2D eigenvalue weighted by Gasteiger charge is -2.12. The molecule has 28 heavy (non-hydrogen) atoms. The number of rotatable bonds is 8. The number of nitrogens with zero attached hydrogens (tertiary/aromatic N) is 2. The number of benzene rings is 2. The lowest BCUT2D eigenvalue weighted by molar-refractivity contribution is -0.384. The molecular formula is C18H16ClN3O6. The smallest absolute Gasteiger partial charge is 0.334 e. The third-order valence-corrected chi connectivity index (χ3v) is 3.73. The first-order valence-electron chi connectivity index (χ1n) is 7.93. The number of ether oxygens (including phenoxy) is 1. The third-order valence-electron chi connectivity index (χ3n) is 3.49. The molecule has 146 valence electrons. The highest BCUT2D eigenvalue weighted by atomic mass is 35.5. The molecule has 0 fully saturated rings. The predicted molar refractivity (Wildman–Crippen MR) is 101 cm³/mol. The molecule has 0 unspecified atom stereocenters. The first-order valence-corrected chi connectivity index (χ1v) is 8.31. The predicted octanol–water partition coefficient (Wildman–Crippen LogP) is 2.72. The highest BCUT2D eigenvalue weighted by molar-refractivity contribution is 6.31. The number of oxime groups is 1. The molecule has 0 spiro atoms. The molecule has 0 bridgehead atoms. The topological polar surface area (TPSA) is 120 Å². The van der Waals surface area contributed by atoms with E-state index in [1.807, 2.05) is 0 Å². The number of nitro groups is 1. The summed E-state index contributed by atoms with van der Waals surface area (Å²) in [6.45, 7) is 0.0185. The first kappa shape index (κ1) is 20.8. The van der Waals surface area contributed by atoms with Gasteiger partial charge in [0.05, 0.1) is 18.2 Å². The van der Waals surface area contributed by atoms with E-state index in [0.717, 1.165) is 6.21 Å². The van der Waals surface area contributed by atoms with Crippen molar-refractivity contribution in [2.45, 2.75) is 12.6 Å². The maximum atomic E-state index is 12.2. The standard InChI is InChI=1S/C18H16ClN3O6/c1-27-18(24)16(21-17(23)13-3-2-4-14(19)9-13)10-20-28-11-12-5-7-15(8-6-12)22(25)26/h2-10,16H,11H2,1H3,(H,21,23)/b20-10-/t16-/m1/s1. The lowest BCUT2D eigenvalue weighted by atomic mass is 10.2. The molecule has 1 N–H and O–H groups in total. The van der Waals surface area contributed by atoms with Crippen molar-refractivity contribution in [2.75, 3.05) is 7.11 Å². The van der Waals surface area contributed by atoms with Crippen molar-refractivity contribution in [1.29, 1.82) is 0 Å². The second-order valence-electron chi connectivity index (χ2n) is 5.44. The number of carbonyl (C=O) groups is 2. The van der Waals surface area contributed by atoms with Crippen molar-refractivity contribution < 1.29 is 24.1 Å². The van der Waals surface area contributed by atoms with Gasteiger partial charge in [0.15, 0.2) is 6.04 Å². The quantitative estimate of drug-likeness (QED) is 0.312. The van der Waals surface area contributed by atoms with Gasteiger partial charge in [-0.15, -0.1) is 0 Å². The largest absolute Gasteiger partial charge is 0.467 e. The monoisotopic (exact) mass is 405 g/mol. The maximum Gasteiger partial charge on any atom is 0.334 e. The molecule has 1 atom stereocenters. The lowest BCUT2D eigenvalue weighted by Crippen LogP contribution is -2.42. The summed E-state index contributed by atoms with van der Waals surface area (Å²) in [6, 6.07) is 10.8. The van der Waals surface area contributed by atoms with Crippen LogP contribution < -0.4 is 5.32 Å². The zero-order valence-electron chi connectivity index (χ0n) is 14.7. The summed E-state index contributed by atoms with van der Waals surface area (Å²) in [5.41, 5.74) is 0.865. The van der Waals surface area contributed by atoms with Crippen LogP contribution in [0.25, 0.3) is 0 Å². The van der Waals surface area contributed by atoms with Crippen LogP contribution in [-0.4, -0.2) is 36.2 Å². The van der Waals surface area contributed by atoms with Gasteiger partial charge in [0.1, 0.15) is 6.61 Å². The SMILES string of the molecule is COC(=O)[C@@H](/C=N\OCc1ccc([N+](=O)[O-])cc1)NC(=O)c1cccc(Cl)c1. The highest BCUT2D eigenvalue weighted by Crippen LogP contribution is 2.13. The van der Waals surface area contributed by atoms with E-state index >= 15 is 0 Å². The Morgan fingerprint density at radius 1 is 1.29 bits per heavy atom. The summed E-state index contributed by atoms with van der Waals surface area (Å²) in [7, 11) is 1.17. The van der Waals surface area contributed by atoms with Crippen molar-refractivity contribution in [3.8, 4) is 0 Å². The van der Waals surface area contributed by atoms with Gasteiger partial charge in [0, 0.05) is 22.7 Å². The van der Waals surface area contributed by atoms with Crippen LogP contribution in [0.4, 0.5) is 5.69 Å². The van der Waals surface area contributed by atoms with E-state index in [1.165, 1.54) is 43.5 Å². The van der Waals surface area contributed by atoms with Gasteiger partial charge in [-0.1, -0.05) is 22.8 Å².